The Kier molecular flexibility index (Phi) is 2.75. The first-order valence-electron chi connectivity index (χ1n) is 4.22. The molecule has 15 heavy (non-hydrogen) atoms. The first-order chi connectivity index (χ1) is 6.75. The highest BCUT2D eigenvalue weighted by molar-refractivity contribution is 5.96. The number of Topliss-reactive ketones (excluding diaryl/α,β-unsaturated/α-hetero) is 1. The van der Waals surface area contributed by atoms with Gasteiger partial charge in [-0.3, -0.25) is 4.79 Å². The lowest BCUT2D eigenvalue weighted by Crippen LogP contribution is -2.13. The van der Waals surface area contributed by atoms with Gasteiger partial charge in [-0.1, -0.05) is 0 Å². The molecule has 0 aliphatic carbocycles. The lowest BCUT2D eigenvalue weighted by Gasteiger charge is -2.15. The zero-order valence-corrected chi connectivity index (χ0v) is 8.27. The van der Waals surface area contributed by atoms with Crippen LogP contribution in [-0.4, -0.2) is 5.78 Å². The number of carbonyl (C=O) groups is 1. The van der Waals surface area contributed by atoms with Crippen LogP contribution in [0.5, 0.6) is 0 Å². The molecule has 0 saturated carbocycles. The van der Waals surface area contributed by atoms with E-state index in [4.69, 9.17) is 5.73 Å². The van der Waals surface area contributed by atoms with E-state index < -0.39 is 17.5 Å². The second kappa shape index (κ2) is 3.56. The lowest BCUT2D eigenvalue weighted by atomic mass is 9.98. The van der Waals surface area contributed by atoms with Crippen molar-refractivity contribution in [1.82, 2.24) is 0 Å². The van der Waals surface area contributed by atoms with Gasteiger partial charge in [-0.05, 0) is 31.5 Å². The van der Waals surface area contributed by atoms with Crippen molar-refractivity contribution in [2.75, 3.05) is 5.73 Å². The van der Waals surface area contributed by atoms with Crippen molar-refractivity contribution in [2.45, 2.75) is 20.0 Å². The van der Waals surface area contributed by atoms with Crippen LogP contribution in [0.3, 0.4) is 0 Å². The maximum absolute atomic E-state index is 12.6. The average Bonchev–Trinajstić information content (AvgIpc) is 2.00. The molecular formula is C10H10F3NO. The van der Waals surface area contributed by atoms with Crippen LogP contribution in [0, 0.1) is 6.92 Å². The minimum absolute atomic E-state index is 0.0523. The van der Waals surface area contributed by atoms with Crippen molar-refractivity contribution in [2.24, 2.45) is 0 Å². The van der Waals surface area contributed by atoms with E-state index in [9.17, 15) is 18.0 Å². The van der Waals surface area contributed by atoms with Gasteiger partial charge >= 0.3 is 6.18 Å². The van der Waals surface area contributed by atoms with E-state index in [2.05, 4.69) is 0 Å². The second-order valence-electron chi connectivity index (χ2n) is 3.26. The standard InChI is InChI=1S/C10H10F3NO/c1-5-7(6(2)15)3-4-8(14)9(5)10(11,12)13/h3-4H,14H2,1-2H3. The van der Waals surface area contributed by atoms with E-state index in [1.807, 2.05) is 0 Å². The van der Waals surface area contributed by atoms with Crippen LogP contribution in [0.4, 0.5) is 18.9 Å². The highest BCUT2D eigenvalue weighted by Gasteiger charge is 2.35. The molecule has 0 heterocycles. The van der Waals surface area contributed by atoms with E-state index in [0.29, 0.717) is 0 Å². The van der Waals surface area contributed by atoms with Gasteiger partial charge in [-0.25, -0.2) is 0 Å². The van der Waals surface area contributed by atoms with Crippen LogP contribution < -0.4 is 5.73 Å². The summed E-state index contributed by atoms with van der Waals surface area (Å²) < 4.78 is 37.7. The van der Waals surface area contributed by atoms with Gasteiger partial charge in [-0.15, -0.1) is 0 Å². The second-order valence-corrected chi connectivity index (χ2v) is 3.26. The van der Waals surface area contributed by atoms with Crippen molar-refractivity contribution in [3.63, 3.8) is 0 Å². The number of benzene rings is 1. The van der Waals surface area contributed by atoms with Gasteiger partial charge in [0.25, 0.3) is 0 Å². The maximum Gasteiger partial charge on any atom is 0.418 e. The quantitative estimate of drug-likeness (QED) is 0.580. The molecule has 1 rings (SSSR count). The van der Waals surface area contributed by atoms with E-state index in [-0.39, 0.29) is 16.8 Å². The minimum Gasteiger partial charge on any atom is -0.398 e. The first-order valence-corrected chi connectivity index (χ1v) is 4.22. The average molecular weight is 217 g/mol. The monoisotopic (exact) mass is 217 g/mol. The predicted octanol–water partition coefficient (Wildman–Crippen LogP) is 2.80. The van der Waals surface area contributed by atoms with Crippen molar-refractivity contribution in [1.29, 1.82) is 0 Å². The number of carbonyl (C=O) groups excluding carboxylic acids is 1. The molecule has 0 spiro atoms. The lowest BCUT2D eigenvalue weighted by molar-refractivity contribution is -0.137. The van der Waals surface area contributed by atoms with Gasteiger partial charge in [0.1, 0.15) is 0 Å². The molecule has 82 valence electrons. The zero-order valence-electron chi connectivity index (χ0n) is 8.27. The van der Waals surface area contributed by atoms with Gasteiger partial charge < -0.3 is 5.73 Å². The molecule has 0 aliphatic heterocycles. The van der Waals surface area contributed by atoms with Crippen LogP contribution >= 0.6 is 0 Å². The summed E-state index contributed by atoms with van der Waals surface area (Å²) in [7, 11) is 0. The molecule has 2 N–H and O–H groups in total. The van der Waals surface area contributed by atoms with Crippen molar-refractivity contribution in [3.05, 3.63) is 28.8 Å². The summed E-state index contributed by atoms with van der Waals surface area (Å²) in [5, 5.41) is 0. The third-order valence-corrected chi connectivity index (χ3v) is 2.16. The summed E-state index contributed by atoms with van der Waals surface area (Å²) in [5.74, 6) is -0.405. The van der Waals surface area contributed by atoms with Crippen molar-refractivity contribution >= 4 is 11.5 Å². The number of halogens is 3. The Morgan fingerprint density at radius 2 is 1.87 bits per heavy atom. The number of rotatable bonds is 1. The number of hydrogen-bond donors (Lipinski definition) is 1. The molecule has 0 aliphatic rings. The fourth-order valence-electron chi connectivity index (χ4n) is 1.49. The molecule has 0 amide bonds. The van der Waals surface area contributed by atoms with Gasteiger partial charge in [0.15, 0.2) is 5.78 Å². The van der Waals surface area contributed by atoms with E-state index in [0.717, 1.165) is 6.07 Å². The third kappa shape index (κ3) is 2.11. The van der Waals surface area contributed by atoms with Crippen LogP contribution in [0.1, 0.15) is 28.4 Å². The summed E-state index contributed by atoms with van der Waals surface area (Å²) >= 11 is 0. The molecule has 2 nitrogen and oxygen atoms in total. The fraction of sp³-hybridized carbons (Fsp3) is 0.300. The Morgan fingerprint density at radius 3 is 2.27 bits per heavy atom. The van der Waals surface area contributed by atoms with E-state index in [1.165, 1.54) is 19.9 Å². The molecule has 0 atom stereocenters. The largest absolute Gasteiger partial charge is 0.418 e. The Labute approximate surface area is 84.9 Å². The number of nitrogen functional groups attached to an aromatic ring is 1. The summed E-state index contributed by atoms with van der Waals surface area (Å²) in [6, 6.07) is 2.41. The fourth-order valence-corrected chi connectivity index (χ4v) is 1.49. The molecule has 0 radical (unpaired) electrons. The molecule has 5 heteroatoms. The van der Waals surface area contributed by atoms with Gasteiger partial charge in [0.05, 0.1) is 5.56 Å². The topological polar surface area (TPSA) is 43.1 Å². The van der Waals surface area contributed by atoms with Crippen LogP contribution in [0.2, 0.25) is 0 Å². The SMILES string of the molecule is CC(=O)c1ccc(N)c(C(F)(F)F)c1C. The van der Waals surface area contributed by atoms with E-state index in [1.54, 1.807) is 0 Å². The Hall–Kier alpha value is -1.52. The molecule has 0 bridgehead atoms. The number of hydrogen-bond acceptors (Lipinski definition) is 2. The summed E-state index contributed by atoms with van der Waals surface area (Å²) in [6.45, 7) is 2.47. The van der Waals surface area contributed by atoms with Crippen molar-refractivity contribution in [3.8, 4) is 0 Å². The van der Waals surface area contributed by atoms with Gasteiger partial charge in [-0.2, -0.15) is 13.2 Å². The molecule has 0 aromatic heterocycles. The van der Waals surface area contributed by atoms with Crippen LogP contribution in [0.15, 0.2) is 12.1 Å². The molecule has 0 saturated heterocycles. The number of alkyl halides is 3. The summed E-state index contributed by atoms with van der Waals surface area (Å²) in [5.41, 5.74) is 3.90. The number of anilines is 1. The Bertz CT molecular complexity index is 410. The Morgan fingerprint density at radius 1 is 1.33 bits per heavy atom. The van der Waals surface area contributed by atoms with E-state index >= 15 is 0 Å². The molecular weight excluding hydrogens is 207 g/mol. The predicted molar refractivity (Wildman–Crippen MR) is 50.6 cm³/mol. The van der Waals surface area contributed by atoms with Crippen LogP contribution in [0.25, 0.3) is 0 Å². The molecule has 1 aromatic rings. The van der Waals surface area contributed by atoms with Crippen molar-refractivity contribution < 1.29 is 18.0 Å². The van der Waals surface area contributed by atoms with Crippen LogP contribution in [-0.2, 0) is 6.18 Å². The van der Waals surface area contributed by atoms with Gasteiger partial charge in [0, 0.05) is 11.3 Å². The number of nitrogens with two attached hydrogens (primary N) is 1. The zero-order chi connectivity index (χ0) is 11.8. The first kappa shape index (κ1) is 11.6. The van der Waals surface area contributed by atoms with Gasteiger partial charge in [0.2, 0.25) is 0 Å². The molecule has 0 fully saturated rings. The number of ketones is 1. The molecule has 0 unspecified atom stereocenters. The Balaban J connectivity index is 3.51. The smallest absolute Gasteiger partial charge is 0.398 e. The highest BCUT2D eigenvalue weighted by Crippen LogP contribution is 2.37. The third-order valence-electron chi connectivity index (χ3n) is 2.16. The normalized spacial score (nSPS) is 11.5. The summed E-state index contributed by atoms with van der Waals surface area (Å²) in [6.07, 6.45) is -4.53. The highest BCUT2D eigenvalue weighted by atomic mass is 19.4. The molecule has 1 aromatic carbocycles. The maximum atomic E-state index is 12.6. The minimum atomic E-state index is -4.53. The summed E-state index contributed by atoms with van der Waals surface area (Å²) in [4.78, 5) is 11.0.